The molecule has 1 aliphatic heterocycles. The number of hydrogen-bond acceptors (Lipinski definition) is 6. The zero-order chi connectivity index (χ0) is 20.6. The lowest BCUT2D eigenvalue weighted by molar-refractivity contribution is 0.0533. The molecule has 3 aromatic rings. The predicted molar refractivity (Wildman–Crippen MR) is 119 cm³/mol. The fraction of sp³-hybridized carbons (Fsp3) is 0.318. The van der Waals surface area contributed by atoms with E-state index in [4.69, 9.17) is 9.72 Å². The van der Waals surface area contributed by atoms with E-state index >= 15 is 0 Å². The molecule has 2 aromatic heterocycles. The first-order valence-corrected chi connectivity index (χ1v) is 11.3. The summed E-state index contributed by atoms with van der Waals surface area (Å²) in [6, 6.07) is 11.0. The van der Waals surface area contributed by atoms with Crippen LogP contribution in [0.25, 0.3) is 10.2 Å². The number of anilines is 1. The lowest BCUT2D eigenvalue weighted by Gasteiger charge is -2.29. The van der Waals surface area contributed by atoms with Gasteiger partial charge in [0.05, 0.1) is 12.3 Å². The smallest absolute Gasteiger partial charge is 0.350 e. The molecule has 0 spiro atoms. The summed E-state index contributed by atoms with van der Waals surface area (Å²) in [7, 11) is 0. The molecule has 0 saturated heterocycles. The lowest BCUT2D eigenvalue weighted by Crippen LogP contribution is -2.24. The average Bonchev–Trinajstić information content (AvgIpc) is 3.04. The van der Waals surface area contributed by atoms with Crippen molar-refractivity contribution in [2.75, 3.05) is 11.9 Å². The van der Waals surface area contributed by atoms with Crippen LogP contribution in [0.2, 0.25) is 0 Å². The Labute approximate surface area is 177 Å². The molecular weight excluding hydrogens is 404 g/mol. The van der Waals surface area contributed by atoms with Crippen molar-refractivity contribution in [1.29, 1.82) is 0 Å². The van der Waals surface area contributed by atoms with Crippen molar-refractivity contribution in [2.24, 2.45) is 0 Å². The van der Waals surface area contributed by atoms with Crippen molar-refractivity contribution in [3.8, 4) is 0 Å². The molecule has 0 fully saturated rings. The van der Waals surface area contributed by atoms with E-state index in [1.54, 1.807) is 19.1 Å². The summed E-state index contributed by atoms with van der Waals surface area (Å²) >= 11 is 3.17. The van der Waals surface area contributed by atoms with Gasteiger partial charge in [-0.1, -0.05) is 32.0 Å². The summed E-state index contributed by atoms with van der Waals surface area (Å²) in [6.07, 6.45) is 0.876. The van der Waals surface area contributed by atoms with E-state index in [-0.39, 0.29) is 17.3 Å². The maximum Gasteiger partial charge on any atom is 0.350 e. The van der Waals surface area contributed by atoms with Crippen LogP contribution in [0, 0.1) is 0 Å². The number of rotatable bonds is 4. The Kier molecular flexibility index (Phi) is 5.36. The highest BCUT2D eigenvalue weighted by Gasteiger charge is 2.29. The zero-order valence-electron chi connectivity index (χ0n) is 16.6. The molecule has 4 rings (SSSR count). The number of hydrogen-bond donors (Lipinski definition) is 1. The quantitative estimate of drug-likeness (QED) is 0.574. The normalized spacial score (nSPS) is 15.0. The number of ether oxygens (including phenoxy) is 1. The number of carbonyl (C=O) groups is 2. The average molecular weight is 427 g/mol. The third kappa shape index (κ3) is 4.02. The number of amides is 1. The summed E-state index contributed by atoms with van der Waals surface area (Å²) in [5.41, 5.74) is 3.25. The van der Waals surface area contributed by atoms with Crippen LogP contribution in [-0.4, -0.2) is 28.2 Å². The van der Waals surface area contributed by atoms with Gasteiger partial charge in [0.1, 0.15) is 9.71 Å². The van der Waals surface area contributed by atoms with Gasteiger partial charge in [-0.25, -0.2) is 9.78 Å². The number of thioether (sulfide) groups is 1. The second-order valence-corrected chi connectivity index (χ2v) is 10.2. The second kappa shape index (κ2) is 7.80. The standard InChI is InChI=1S/C22H22N2O3S2/c1-4-27-21(26)18-17(24-19(25)13-8-6-5-7-9-13)15-10-14-12-28-22(2,3)11-16(14)23-20(15)29-18/h5-10H,4,11-12H2,1-3H3,(H,24,25). The molecular formula is C22H22N2O3S2. The van der Waals surface area contributed by atoms with Crippen LogP contribution in [0.1, 0.15) is 52.1 Å². The minimum atomic E-state index is -0.438. The molecule has 5 nitrogen and oxygen atoms in total. The van der Waals surface area contributed by atoms with Crippen LogP contribution in [0.15, 0.2) is 36.4 Å². The van der Waals surface area contributed by atoms with Crippen LogP contribution in [0.4, 0.5) is 5.69 Å². The van der Waals surface area contributed by atoms with Gasteiger partial charge in [-0.2, -0.15) is 11.8 Å². The minimum Gasteiger partial charge on any atom is -0.462 e. The minimum absolute atomic E-state index is 0.138. The topological polar surface area (TPSA) is 68.3 Å². The van der Waals surface area contributed by atoms with Crippen molar-refractivity contribution >= 4 is 50.9 Å². The summed E-state index contributed by atoms with van der Waals surface area (Å²) in [6.45, 7) is 6.48. The molecule has 1 amide bonds. The van der Waals surface area contributed by atoms with E-state index in [1.165, 1.54) is 11.3 Å². The van der Waals surface area contributed by atoms with Gasteiger partial charge in [-0.05, 0) is 30.7 Å². The predicted octanol–water partition coefficient (Wildman–Crippen LogP) is 5.29. The third-order valence-electron chi connectivity index (χ3n) is 4.80. The van der Waals surface area contributed by atoms with E-state index in [1.807, 2.05) is 30.0 Å². The van der Waals surface area contributed by atoms with Crippen molar-refractivity contribution in [2.45, 2.75) is 37.7 Å². The van der Waals surface area contributed by atoms with Gasteiger partial charge >= 0.3 is 5.97 Å². The Hall–Kier alpha value is -2.38. The number of fused-ring (bicyclic) bond motifs is 2. The van der Waals surface area contributed by atoms with Crippen LogP contribution >= 0.6 is 23.1 Å². The van der Waals surface area contributed by atoms with E-state index in [0.717, 1.165) is 33.6 Å². The highest BCUT2D eigenvalue weighted by Crippen LogP contribution is 2.42. The van der Waals surface area contributed by atoms with Crippen LogP contribution in [-0.2, 0) is 16.9 Å². The Morgan fingerprint density at radius 2 is 2.00 bits per heavy atom. The van der Waals surface area contributed by atoms with Crippen molar-refractivity contribution in [1.82, 2.24) is 4.98 Å². The van der Waals surface area contributed by atoms with Gasteiger partial charge in [0.2, 0.25) is 0 Å². The molecule has 0 atom stereocenters. The summed E-state index contributed by atoms with van der Waals surface area (Å²) < 4.78 is 5.37. The van der Waals surface area contributed by atoms with E-state index in [0.29, 0.717) is 16.1 Å². The number of carbonyl (C=O) groups excluding carboxylic acids is 2. The molecule has 0 bridgehead atoms. The molecule has 7 heteroatoms. The number of benzene rings is 1. The maximum absolute atomic E-state index is 12.8. The molecule has 1 aliphatic rings. The Morgan fingerprint density at radius 3 is 2.72 bits per heavy atom. The highest BCUT2D eigenvalue weighted by atomic mass is 32.2. The fourth-order valence-electron chi connectivity index (χ4n) is 3.35. The van der Waals surface area contributed by atoms with Crippen molar-refractivity contribution in [3.63, 3.8) is 0 Å². The Balaban J connectivity index is 1.80. The molecule has 1 aromatic carbocycles. The largest absolute Gasteiger partial charge is 0.462 e. The van der Waals surface area contributed by atoms with Crippen LogP contribution in [0.5, 0.6) is 0 Å². The second-order valence-electron chi connectivity index (χ2n) is 7.52. The van der Waals surface area contributed by atoms with E-state index in [9.17, 15) is 9.59 Å². The molecule has 1 N–H and O–H groups in total. The van der Waals surface area contributed by atoms with Crippen molar-refractivity contribution in [3.05, 3.63) is 58.1 Å². The first-order chi connectivity index (χ1) is 13.9. The lowest BCUT2D eigenvalue weighted by atomic mass is 10.0. The summed E-state index contributed by atoms with van der Waals surface area (Å²) in [4.78, 5) is 31.4. The van der Waals surface area contributed by atoms with Gasteiger partial charge < -0.3 is 10.1 Å². The Bertz CT molecular complexity index is 1090. The summed E-state index contributed by atoms with van der Waals surface area (Å²) in [5, 5.41) is 3.73. The number of nitrogens with zero attached hydrogens (tertiary/aromatic N) is 1. The van der Waals surface area contributed by atoms with Crippen LogP contribution in [0.3, 0.4) is 0 Å². The zero-order valence-corrected chi connectivity index (χ0v) is 18.2. The van der Waals surface area contributed by atoms with E-state index in [2.05, 4.69) is 25.2 Å². The van der Waals surface area contributed by atoms with Gasteiger partial charge in [-0.3, -0.25) is 4.79 Å². The van der Waals surface area contributed by atoms with Gasteiger partial charge in [0.15, 0.2) is 0 Å². The molecule has 0 unspecified atom stereocenters. The maximum atomic E-state index is 12.8. The highest BCUT2D eigenvalue weighted by molar-refractivity contribution is 7.99. The number of thiophene rings is 1. The first-order valence-electron chi connectivity index (χ1n) is 9.51. The molecule has 3 heterocycles. The summed E-state index contributed by atoms with van der Waals surface area (Å²) in [5.74, 6) is 0.165. The molecule has 0 aliphatic carbocycles. The first kappa shape index (κ1) is 19.9. The van der Waals surface area contributed by atoms with Crippen LogP contribution < -0.4 is 5.32 Å². The van der Waals surface area contributed by atoms with Crippen molar-refractivity contribution < 1.29 is 14.3 Å². The van der Waals surface area contributed by atoms with Gasteiger partial charge in [-0.15, -0.1) is 11.3 Å². The third-order valence-corrected chi connectivity index (χ3v) is 7.26. The van der Waals surface area contributed by atoms with Gasteiger partial charge in [0.25, 0.3) is 5.91 Å². The molecule has 0 saturated carbocycles. The Morgan fingerprint density at radius 1 is 1.24 bits per heavy atom. The number of esters is 1. The number of aromatic nitrogens is 1. The molecule has 0 radical (unpaired) electrons. The van der Waals surface area contributed by atoms with E-state index < -0.39 is 5.97 Å². The van der Waals surface area contributed by atoms with Gasteiger partial charge in [0, 0.05) is 33.6 Å². The molecule has 150 valence electrons. The molecule has 29 heavy (non-hydrogen) atoms. The SMILES string of the molecule is CCOC(=O)c1sc2nc3c(cc2c1NC(=O)c1ccccc1)CSC(C)(C)C3. The number of nitrogens with one attached hydrogen (secondary N) is 1. The number of pyridine rings is 1. The fourth-order valence-corrected chi connectivity index (χ4v) is 5.41. The monoisotopic (exact) mass is 426 g/mol.